The number of ether oxygens (including phenoxy) is 2. The number of thioether (sulfide) groups is 1. The number of hydrogen-bond donors (Lipinski definition) is 1. The first-order valence-corrected chi connectivity index (χ1v) is 11.9. The van der Waals surface area contributed by atoms with Crippen LogP contribution in [0.2, 0.25) is 5.02 Å². The van der Waals surface area contributed by atoms with Gasteiger partial charge in [0, 0.05) is 24.5 Å². The Morgan fingerprint density at radius 2 is 1.86 bits per heavy atom. The number of amides is 3. The number of carbonyl (C=O) groups excluding carboxylic acids is 4. The van der Waals surface area contributed by atoms with Crippen LogP contribution in [-0.2, 0) is 19.1 Å². The lowest BCUT2D eigenvalue weighted by Gasteiger charge is -2.28. The minimum Gasteiger partial charge on any atom is -0.465 e. The third-order valence-corrected chi connectivity index (χ3v) is 6.63. The Labute approximate surface area is 211 Å². The normalized spacial score (nSPS) is 17.1. The molecule has 2 aromatic carbocycles. The Hall–Kier alpha value is -3.34. The molecule has 2 saturated heterocycles. The second-order valence-electron chi connectivity index (χ2n) is 7.69. The van der Waals surface area contributed by atoms with Crippen molar-refractivity contribution in [3.05, 3.63) is 63.5 Å². The van der Waals surface area contributed by atoms with E-state index in [9.17, 15) is 19.2 Å². The number of nitrogens with one attached hydrogen (secondary N) is 1. The summed E-state index contributed by atoms with van der Waals surface area (Å²) in [4.78, 5) is 52.8. The summed E-state index contributed by atoms with van der Waals surface area (Å²) in [5, 5.41) is 2.20. The van der Waals surface area contributed by atoms with Gasteiger partial charge in [-0.25, -0.2) is 4.79 Å². The minimum absolute atomic E-state index is 0.0840. The van der Waals surface area contributed by atoms with E-state index in [4.69, 9.17) is 16.3 Å². The number of anilines is 2. The maximum Gasteiger partial charge on any atom is 0.339 e. The van der Waals surface area contributed by atoms with E-state index in [0.717, 1.165) is 41.0 Å². The predicted octanol–water partition coefficient (Wildman–Crippen LogP) is 3.64. The largest absolute Gasteiger partial charge is 0.465 e. The van der Waals surface area contributed by atoms with Crippen molar-refractivity contribution < 1.29 is 28.7 Å². The number of halogens is 1. The van der Waals surface area contributed by atoms with Gasteiger partial charge in [0.15, 0.2) is 0 Å². The molecular weight excluding hydrogens is 494 g/mol. The Morgan fingerprint density at radius 3 is 2.54 bits per heavy atom. The molecule has 0 bridgehead atoms. The lowest BCUT2D eigenvalue weighted by atomic mass is 10.1. The molecule has 0 saturated carbocycles. The fourth-order valence-electron chi connectivity index (χ4n) is 3.60. The van der Waals surface area contributed by atoms with Crippen molar-refractivity contribution in [2.75, 3.05) is 50.2 Å². The first kappa shape index (κ1) is 24.8. The van der Waals surface area contributed by atoms with Crippen molar-refractivity contribution in [2.45, 2.75) is 0 Å². The molecule has 11 heteroatoms. The Morgan fingerprint density at radius 1 is 1.14 bits per heavy atom. The van der Waals surface area contributed by atoms with E-state index in [1.165, 1.54) is 25.3 Å². The summed E-state index contributed by atoms with van der Waals surface area (Å²) in [7, 11) is 1.22. The average molecular weight is 516 g/mol. The van der Waals surface area contributed by atoms with Gasteiger partial charge >= 0.3 is 5.97 Å². The second-order valence-corrected chi connectivity index (χ2v) is 9.09. The number of esters is 1. The van der Waals surface area contributed by atoms with Gasteiger partial charge in [-0.2, -0.15) is 0 Å². The topological polar surface area (TPSA) is 105 Å². The summed E-state index contributed by atoms with van der Waals surface area (Å²) in [6.45, 7) is 2.55. The third-order valence-electron chi connectivity index (χ3n) is 5.40. The Bertz CT molecular complexity index is 1190. The Kier molecular flexibility index (Phi) is 7.74. The van der Waals surface area contributed by atoms with Crippen LogP contribution in [0.15, 0.2) is 47.4 Å². The SMILES string of the molecule is COC(=O)c1cc(NC(=O)CN2C(=O)S/C(=C/c3ccc(N4CCOCC4)cc3)C2=O)ccc1Cl. The van der Waals surface area contributed by atoms with Crippen molar-refractivity contribution in [3.8, 4) is 0 Å². The van der Waals surface area contributed by atoms with E-state index in [-0.39, 0.29) is 21.2 Å². The van der Waals surface area contributed by atoms with E-state index in [1.807, 2.05) is 24.3 Å². The van der Waals surface area contributed by atoms with E-state index < -0.39 is 29.6 Å². The number of carbonyl (C=O) groups is 4. The number of hydrogen-bond acceptors (Lipinski definition) is 8. The molecule has 2 heterocycles. The van der Waals surface area contributed by atoms with Crippen LogP contribution < -0.4 is 10.2 Å². The smallest absolute Gasteiger partial charge is 0.339 e. The van der Waals surface area contributed by atoms with Crippen molar-refractivity contribution in [1.29, 1.82) is 0 Å². The lowest BCUT2D eigenvalue weighted by Crippen LogP contribution is -2.36. The van der Waals surface area contributed by atoms with Gasteiger partial charge in [0.1, 0.15) is 6.54 Å². The van der Waals surface area contributed by atoms with Gasteiger partial charge in [-0.3, -0.25) is 19.3 Å². The number of nitrogens with zero attached hydrogens (tertiary/aromatic N) is 2. The fraction of sp³-hybridized carbons (Fsp3) is 0.250. The second kappa shape index (κ2) is 10.9. The standard InChI is InChI=1S/C24H22ClN3O6S/c1-33-23(31)18-13-16(4-7-19(18)25)26-21(29)14-28-22(30)20(35-24(28)32)12-15-2-5-17(6-3-15)27-8-10-34-11-9-27/h2-7,12-13H,8-11,14H2,1H3,(H,26,29)/b20-12+. The van der Waals surface area contributed by atoms with Crippen molar-refractivity contribution >= 4 is 63.8 Å². The Balaban J connectivity index is 1.40. The van der Waals surface area contributed by atoms with Crippen molar-refractivity contribution in [2.24, 2.45) is 0 Å². The van der Waals surface area contributed by atoms with Crippen LogP contribution in [0.1, 0.15) is 15.9 Å². The van der Waals surface area contributed by atoms with Crippen LogP contribution in [0.25, 0.3) is 6.08 Å². The third kappa shape index (κ3) is 5.84. The first-order chi connectivity index (χ1) is 16.9. The van der Waals surface area contributed by atoms with Gasteiger partial charge in [0.25, 0.3) is 11.1 Å². The zero-order valence-corrected chi connectivity index (χ0v) is 20.4. The maximum atomic E-state index is 12.8. The molecule has 2 aliphatic rings. The van der Waals surface area contributed by atoms with Crippen molar-refractivity contribution in [1.82, 2.24) is 4.90 Å². The highest BCUT2D eigenvalue weighted by Crippen LogP contribution is 2.32. The van der Waals surface area contributed by atoms with Crippen LogP contribution in [0.3, 0.4) is 0 Å². The highest BCUT2D eigenvalue weighted by atomic mass is 35.5. The number of morpholine rings is 1. The molecule has 0 atom stereocenters. The highest BCUT2D eigenvalue weighted by Gasteiger charge is 2.36. The molecule has 182 valence electrons. The van der Waals surface area contributed by atoms with Gasteiger partial charge in [-0.1, -0.05) is 23.7 Å². The van der Waals surface area contributed by atoms with Gasteiger partial charge in [-0.15, -0.1) is 0 Å². The molecule has 35 heavy (non-hydrogen) atoms. The van der Waals surface area contributed by atoms with E-state index in [0.29, 0.717) is 13.2 Å². The highest BCUT2D eigenvalue weighted by molar-refractivity contribution is 8.18. The summed E-state index contributed by atoms with van der Waals surface area (Å²) in [5.74, 6) is -1.79. The summed E-state index contributed by atoms with van der Waals surface area (Å²) in [6.07, 6.45) is 1.63. The predicted molar refractivity (Wildman–Crippen MR) is 134 cm³/mol. The van der Waals surface area contributed by atoms with E-state index >= 15 is 0 Å². The fourth-order valence-corrected chi connectivity index (χ4v) is 4.64. The molecular formula is C24H22ClN3O6S. The molecule has 1 N–H and O–H groups in total. The molecule has 2 aliphatic heterocycles. The molecule has 9 nitrogen and oxygen atoms in total. The lowest BCUT2D eigenvalue weighted by molar-refractivity contribution is -0.127. The van der Waals surface area contributed by atoms with Crippen LogP contribution in [0.4, 0.5) is 16.2 Å². The molecule has 0 radical (unpaired) electrons. The number of imide groups is 1. The van der Waals surface area contributed by atoms with Gasteiger partial charge in [0.2, 0.25) is 5.91 Å². The molecule has 4 rings (SSSR count). The quantitative estimate of drug-likeness (QED) is 0.459. The maximum absolute atomic E-state index is 12.8. The summed E-state index contributed by atoms with van der Waals surface area (Å²) >= 11 is 6.77. The van der Waals surface area contributed by atoms with Crippen LogP contribution in [0, 0.1) is 0 Å². The molecule has 2 fully saturated rings. The van der Waals surface area contributed by atoms with Gasteiger partial charge in [-0.05, 0) is 53.7 Å². The molecule has 0 spiro atoms. The summed E-state index contributed by atoms with van der Waals surface area (Å²) < 4.78 is 10.0. The minimum atomic E-state index is -0.653. The van der Waals surface area contributed by atoms with Gasteiger partial charge in [0.05, 0.1) is 35.8 Å². The van der Waals surface area contributed by atoms with Crippen molar-refractivity contribution in [3.63, 3.8) is 0 Å². The zero-order chi connectivity index (χ0) is 24.9. The van der Waals surface area contributed by atoms with Crippen LogP contribution in [0.5, 0.6) is 0 Å². The molecule has 3 amide bonds. The number of methoxy groups -OCH3 is 1. The summed E-state index contributed by atoms with van der Waals surface area (Å²) in [6, 6.07) is 12.0. The number of benzene rings is 2. The summed E-state index contributed by atoms with van der Waals surface area (Å²) in [5.41, 5.74) is 2.20. The molecule has 0 aliphatic carbocycles. The molecule has 0 unspecified atom stereocenters. The van der Waals surface area contributed by atoms with E-state index in [1.54, 1.807) is 6.08 Å². The monoisotopic (exact) mass is 515 g/mol. The van der Waals surface area contributed by atoms with E-state index in [2.05, 4.69) is 15.0 Å². The van der Waals surface area contributed by atoms with Crippen LogP contribution >= 0.6 is 23.4 Å². The van der Waals surface area contributed by atoms with Crippen LogP contribution in [-0.4, -0.2) is 67.9 Å². The number of rotatable bonds is 6. The molecule has 2 aromatic rings. The van der Waals surface area contributed by atoms with Gasteiger partial charge < -0.3 is 19.7 Å². The average Bonchev–Trinajstić information content (AvgIpc) is 3.13. The first-order valence-electron chi connectivity index (χ1n) is 10.7. The molecule has 0 aromatic heterocycles. The zero-order valence-electron chi connectivity index (χ0n) is 18.8.